The maximum atomic E-state index is 12.8. The van der Waals surface area contributed by atoms with Crippen LogP contribution in [-0.4, -0.2) is 42.7 Å². The highest BCUT2D eigenvalue weighted by Gasteiger charge is 2.22. The number of rotatable bonds is 5. The Morgan fingerprint density at radius 3 is 2.41 bits per heavy atom. The fourth-order valence-corrected chi connectivity index (χ4v) is 2.37. The molecule has 1 amide bonds. The van der Waals surface area contributed by atoms with E-state index in [0.29, 0.717) is 18.9 Å². The fourth-order valence-electron chi connectivity index (χ4n) is 2.37. The van der Waals surface area contributed by atoms with E-state index in [1.165, 1.54) is 0 Å². The monoisotopic (exact) mass is 244 g/mol. The number of nitrogens with zero attached hydrogens (tertiary/aromatic N) is 1. The highest BCUT2D eigenvalue weighted by atomic mass is 19.1. The maximum absolute atomic E-state index is 12.8. The van der Waals surface area contributed by atoms with E-state index in [9.17, 15) is 9.18 Å². The largest absolute Gasteiger partial charge is 0.354 e. The van der Waals surface area contributed by atoms with E-state index < -0.39 is 6.17 Å². The molecule has 1 unspecified atom stereocenters. The van der Waals surface area contributed by atoms with E-state index >= 15 is 0 Å². The number of hydrogen-bond donors (Lipinski definition) is 1. The lowest BCUT2D eigenvalue weighted by Crippen LogP contribution is -2.39. The quantitative estimate of drug-likeness (QED) is 0.802. The minimum Gasteiger partial charge on any atom is -0.354 e. The standard InChI is InChI=1S/C13H25FN2O/c1-10(2)15-13(17)8-12-4-6-16(7-5-12)9-11(3)14/h10-12H,4-9H2,1-3H3,(H,15,17). The van der Waals surface area contributed by atoms with Gasteiger partial charge in [0.2, 0.25) is 5.91 Å². The zero-order valence-corrected chi connectivity index (χ0v) is 11.2. The van der Waals surface area contributed by atoms with Gasteiger partial charge in [-0.15, -0.1) is 0 Å². The number of hydrogen-bond acceptors (Lipinski definition) is 2. The third kappa shape index (κ3) is 6.01. The molecule has 0 aromatic rings. The topological polar surface area (TPSA) is 32.3 Å². The Balaban J connectivity index is 2.20. The molecule has 4 heteroatoms. The Kier molecular flexibility index (Phi) is 5.89. The second-order valence-corrected chi connectivity index (χ2v) is 5.45. The lowest BCUT2D eigenvalue weighted by atomic mass is 9.93. The molecule has 0 bridgehead atoms. The van der Waals surface area contributed by atoms with Crippen LogP contribution in [0.4, 0.5) is 4.39 Å². The smallest absolute Gasteiger partial charge is 0.220 e. The van der Waals surface area contributed by atoms with Crippen LogP contribution in [0.1, 0.15) is 40.0 Å². The Labute approximate surface area is 104 Å². The number of likely N-dealkylation sites (tertiary alicyclic amines) is 1. The number of amides is 1. The summed E-state index contributed by atoms with van der Waals surface area (Å²) >= 11 is 0. The average molecular weight is 244 g/mol. The van der Waals surface area contributed by atoms with Gasteiger partial charge in [-0.05, 0) is 52.6 Å². The van der Waals surface area contributed by atoms with E-state index in [2.05, 4.69) is 10.2 Å². The molecule has 1 saturated heterocycles. The van der Waals surface area contributed by atoms with Crippen molar-refractivity contribution >= 4 is 5.91 Å². The van der Waals surface area contributed by atoms with Crippen molar-refractivity contribution in [3.8, 4) is 0 Å². The van der Waals surface area contributed by atoms with Gasteiger partial charge in [0, 0.05) is 19.0 Å². The lowest BCUT2D eigenvalue weighted by molar-refractivity contribution is -0.122. The van der Waals surface area contributed by atoms with Gasteiger partial charge in [-0.25, -0.2) is 4.39 Å². The summed E-state index contributed by atoms with van der Waals surface area (Å²) in [6.45, 7) is 7.93. The lowest BCUT2D eigenvalue weighted by Gasteiger charge is -2.32. The van der Waals surface area contributed by atoms with Crippen LogP contribution >= 0.6 is 0 Å². The van der Waals surface area contributed by atoms with E-state index in [1.54, 1.807) is 6.92 Å². The second kappa shape index (κ2) is 6.94. The third-order valence-corrected chi connectivity index (χ3v) is 3.14. The maximum Gasteiger partial charge on any atom is 0.220 e. The van der Waals surface area contributed by atoms with Crippen molar-refractivity contribution in [1.29, 1.82) is 0 Å². The van der Waals surface area contributed by atoms with Gasteiger partial charge in [-0.3, -0.25) is 4.79 Å². The molecule has 0 aromatic heterocycles. The van der Waals surface area contributed by atoms with Gasteiger partial charge in [0.1, 0.15) is 6.17 Å². The Hall–Kier alpha value is -0.640. The molecular weight excluding hydrogens is 219 g/mol. The molecule has 1 heterocycles. The van der Waals surface area contributed by atoms with Crippen molar-refractivity contribution in [2.75, 3.05) is 19.6 Å². The first-order valence-electron chi connectivity index (χ1n) is 6.63. The van der Waals surface area contributed by atoms with Crippen LogP contribution in [0.15, 0.2) is 0 Å². The third-order valence-electron chi connectivity index (χ3n) is 3.14. The first kappa shape index (κ1) is 14.4. The molecule has 1 fully saturated rings. The fraction of sp³-hybridized carbons (Fsp3) is 0.923. The molecule has 0 saturated carbocycles. The van der Waals surface area contributed by atoms with Crippen molar-refractivity contribution in [1.82, 2.24) is 10.2 Å². The predicted molar refractivity (Wildman–Crippen MR) is 67.6 cm³/mol. The zero-order chi connectivity index (χ0) is 12.8. The van der Waals surface area contributed by atoms with Crippen LogP contribution < -0.4 is 5.32 Å². The number of alkyl halides is 1. The minimum absolute atomic E-state index is 0.150. The van der Waals surface area contributed by atoms with Crippen LogP contribution in [0.5, 0.6) is 0 Å². The second-order valence-electron chi connectivity index (χ2n) is 5.45. The molecule has 0 spiro atoms. The number of piperidine rings is 1. The predicted octanol–water partition coefficient (Wildman–Crippen LogP) is 1.97. The van der Waals surface area contributed by atoms with Gasteiger partial charge < -0.3 is 10.2 Å². The first-order valence-corrected chi connectivity index (χ1v) is 6.63. The number of halogens is 1. The molecule has 1 aliphatic heterocycles. The molecule has 1 aliphatic rings. The van der Waals surface area contributed by atoms with Crippen molar-refractivity contribution < 1.29 is 9.18 Å². The zero-order valence-electron chi connectivity index (χ0n) is 11.2. The molecule has 1 N–H and O–H groups in total. The molecule has 0 radical (unpaired) electrons. The van der Waals surface area contributed by atoms with E-state index in [0.717, 1.165) is 25.9 Å². The summed E-state index contributed by atoms with van der Waals surface area (Å²) in [6.07, 6.45) is 1.89. The minimum atomic E-state index is -0.754. The number of carbonyl (C=O) groups excluding carboxylic acids is 1. The van der Waals surface area contributed by atoms with E-state index in [1.807, 2.05) is 13.8 Å². The molecule has 100 valence electrons. The van der Waals surface area contributed by atoms with Crippen LogP contribution in [0.2, 0.25) is 0 Å². The van der Waals surface area contributed by atoms with Crippen LogP contribution in [0.3, 0.4) is 0 Å². The first-order chi connectivity index (χ1) is 7.97. The van der Waals surface area contributed by atoms with Crippen LogP contribution in [0.25, 0.3) is 0 Å². The normalized spacial score (nSPS) is 20.5. The van der Waals surface area contributed by atoms with Gasteiger partial charge in [0.25, 0.3) is 0 Å². The molecule has 3 nitrogen and oxygen atoms in total. The summed E-state index contributed by atoms with van der Waals surface area (Å²) in [5.41, 5.74) is 0. The Bertz CT molecular complexity index is 236. The van der Waals surface area contributed by atoms with Crippen molar-refractivity contribution in [3.63, 3.8) is 0 Å². The van der Waals surface area contributed by atoms with E-state index in [-0.39, 0.29) is 11.9 Å². The van der Waals surface area contributed by atoms with Crippen molar-refractivity contribution in [2.45, 2.75) is 52.2 Å². The molecule has 1 atom stereocenters. The Morgan fingerprint density at radius 1 is 1.35 bits per heavy atom. The molecule has 1 rings (SSSR count). The molecule has 0 aliphatic carbocycles. The summed E-state index contributed by atoms with van der Waals surface area (Å²) in [5.74, 6) is 0.622. The van der Waals surface area contributed by atoms with Crippen molar-refractivity contribution in [2.24, 2.45) is 5.92 Å². The van der Waals surface area contributed by atoms with Gasteiger partial charge in [0.15, 0.2) is 0 Å². The summed E-state index contributed by atoms with van der Waals surface area (Å²) in [6, 6.07) is 0.218. The van der Waals surface area contributed by atoms with Gasteiger partial charge in [-0.2, -0.15) is 0 Å². The highest BCUT2D eigenvalue weighted by Crippen LogP contribution is 2.20. The number of carbonyl (C=O) groups is 1. The van der Waals surface area contributed by atoms with Gasteiger partial charge in [0.05, 0.1) is 0 Å². The van der Waals surface area contributed by atoms with Gasteiger partial charge >= 0.3 is 0 Å². The average Bonchev–Trinajstić information content (AvgIpc) is 2.18. The summed E-state index contributed by atoms with van der Waals surface area (Å²) in [5, 5.41) is 2.92. The van der Waals surface area contributed by atoms with Gasteiger partial charge in [-0.1, -0.05) is 0 Å². The van der Waals surface area contributed by atoms with Crippen molar-refractivity contribution in [3.05, 3.63) is 0 Å². The summed E-state index contributed by atoms with van der Waals surface area (Å²) in [4.78, 5) is 13.8. The van der Waals surface area contributed by atoms with Crippen LogP contribution in [-0.2, 0) is 4.79 Å². The SMILES string of the molecule is CC(F)CN1CCC(CC(=O)NC(C)C)CC1. The molecular formula is C13H25FN2O. The number of nitrogens with one attached hydrogen (secondary N) is 1. The summed E-state index contributed by atoms with van der Waals surface area (Å²) < 4.78 is 12.8. The molecule has 17 heavy (non-hydrogen) atoms. The van der Waals surface area contributed by atoms with Crippen LogP contribution in [0, 0.1) is 5.92 Å². The highest BCUT2D eigenvalue weighted by molar-refractivity contribution is 5.76. The van der Waals surface area contributed by atoms with E-state index in [4.69, 9.17) is 0 Å². The summed E-state index contributed by atoms with van der Waals surface area (Å²) in [7, 11) is 0. The molecule has 0 aromatic carbocycles. The Morgan fingerprint density at radius 2 is 1.94 bits per heavy atom.